The molecular weight excluding hydrogens is 383 g/mol. The Morgan fingerprint density at radius 2 is 2.12 bits per heavy atom. The summed E-state index contributed by atoms with van der Waals surface area (Å²) in [6, 6.07) is 4.99. The van der Waals surface area contributed by atoms with Crippen LogP contribution in [0.5, 0.6) is 5.88 Å². The van der Waals surface area contributed by atoms with Crippen molar-refractivity contribution in [1.29, 1.82) is 0 Å². The molecule has 0 bridgehead atoms. The van der Waals surface area contributed by atoms with Gasteiger partial charge in [-0.2, -0.15) is 4.98 Å². The minimum Gasteiger partial charge on any atom is -0.493 e. The molecular formula is C16H12Cl2N4O2S. The van der Waals surface area contributed by atoms with Crippen LogP contribution in [0.4, 0.5) is 0 Å². The lowest BCUT2D eigenvalue weighted by atomic mass is 10.2. The molecule has 0 unspecified atom stereocenters. The molecule has 2 aromatic heterocycles. The number of rotatable bonds is 4. The molecule has 3 aromatic rings. The number of aromatic nitrogens is 3. The number of carbonyl (C=O) groups is 1. The van der Waals surface area contributed by atoms with E-state index in [1.807, 2.05) is 6.92 Å². The molecule has 0 saturated heterocycles. The number of benzene rings is 1. The predicted octanol–water partition coefficient (Wildman–Crippen LogP) is 3.85. The first-order valence-electron chi connectivity index (χ1n) is 7.14. The summed E-state index contributed by atoms with van der Waals surface area (Å²) in [5.41, 5.74) is 1.23. The second-order valence-corrected chi connectivity index (χ2v) is 7.01. The summed E-state index contributed by atoms with van der Waals surface area (Å²) < 4.78 is 0. The number of carbonyl (C=O) groups excluding carboxylic acids is 1. The molecule has 1 aromatic carbocycles. The molecule has 0 saturated carbocycles. The number of nitrogens with zero attached hydrogens (tertiary/aromatic N) is 3. The minimum absolute atomic E-state index is 0.0270. The molecule has 3 rings (SSSR count). The maximum absolute atomic E-state index is 12.2. The normalized spacial score (nSPS) is 10.7. The molecule has 6 nitrogen and oxygen atoms in total. The maximum Gasteiger partial charge on any atom is 0.258 e. The van der Waals surface area contributed by atoms with Gasteiger partial charge in [0, 0.05) is 28.2 Å². The van der Waals surface area contributed by atoms with Crippen LogP contribution in [0, 0.1) is 6.92 Å². The van der Waals surface area contributed by atoms with Crippen LogP contribution in [0.2, 0.25) is 10.0 Å². The summed E-state index contributed by atoms with van der Waals surface area (Å²) >= 11 is 13.4. The third-order valence-electron chi connectivity index (χ3n) is 3.32. The Morgan fingerprint density at radius 1 is 1.32 bits per heavy atom. The maximum atomic E-state index is 12.2. The largest absolute Gasteiger partial charge is 0.493 e. The molecule has 0 fully saturated rings. The highest BCUT2D eigenvalue weighted by atomic mass is 35.5. The first kappa shape index (κ1) is 17.6. The van der Waals surface area contributed by atoms with E-state index in [0.717, 1.165) is 5.01 Å². The Balaban J connectivity index is 1.74. The Labute approximate surface area is 157 Å². The van der Waals surface area contributed by atoms with Crippen molar-refractivity contribution in [2.75, 3.05) is 0 Å². The zero-order valence-corrected chi connectivity index (χ0v) is 15.3. The monoisotopic (exact) mass is 394 g/mol. The SMILES string of the molecule is Cc1nc(-c2ncc(C(=O)NCc3ccc(Cl)cc3Cl)c(O)n2)cs1. The van der Waals surface area contributed by atoms with E-state index in [4.69, 9.17) is 23.2 Å². The van der Waals surface area contributed by atoms with Crippen LogP contribution in [0.25, 0.3) is 11.5 Å². The number of halogens is 2. The van der Waals surface area contributed by atoms with E-state index in [2.05, 4.69) is 20.3 Å². The highest BCUT2D eigenvalue weighted by Gasteiger charge is 2.16. The van der Waals surface area contributed by atoms with Crippen molar-refractivity contribution in [1.82, 2.24) is 20.3 Å². The van der Waals surface area contributed by atoms with Crippen molar-refractivity contribution in [2.24, 2.45) is 0 Å². The fourth-order valence-corrected chi connectivity index (χ4v) is 3.12. The third kappa shape index (κ3) is 4.07. The molecule has 2 N–H and O–H groups in total. The summed E-state index contributed by atoms with van der Waals surface area (Å²) in [6.45, 7) is 2.04. The average molecular weight is 395 g/mol. The smallest absolute Gasteiger partial charge is 0.258 e. The van der Waals surface area contributed by atoms with Gasteiger partial charge in [-0.05, 0) is 24.6 Å². The topological polar surface area (TPSA) is 88.0 Å². The second kappa shape index (κ2) is 7.35. The molecule has 0 aliphatic rings. The van der Waals surface area contributed by atoms with Crippen LogP contribution < -0.4 is 5.32 Å². The lowest BCUT2D eigenvalue weighted by Crippen LogP contribution is -2.23. The highest BCUT2D eigenvalue weighted by molar-refractivity contribution is 7.09. The van der Waals surface area contributed by atoms with E-state index in [-0.39, 0.29) is 17.9 Å². The molecule has 25 heavy (non-hydrogen) atoms. The van der Waals surface area contributed by atoms with Crippen LogP contribution in [0.3, 0.4) is 0 Å². The quantitative estimate of drug-likeness (QED) is 0.701. The first-order valence-corrected chi connectivity index (χ1v) is 8.78. The van der Waals surface area contributed by atoms with Crippen molar-refractivity contribution in [3.8, 4) is 17.4 Å². The van der Waals surface area contributed by atoms with Crippen LogP contribution in [-0.2, 0) is 6.54 Å². The van der Waals surface area contributed by atoms with Gasteiger partial charge in [-0.1, -0.05) is 29.3 Å². The van der Waals surface area contributed by atoms with E-state index in [0.29, 0.717) is 21.3 Å². The molecule has 1 amide bonds. The fraction of sp³-hybridized carbons (Fsp3) is 0.125. The molecule has 128 valence electrons. The van der Waals surface area contributed by atoms with Crippen LogP contribution >= 0.6 is 34.5 Å². The number of thiazole rings is 1. The van der Waals surface area contributed by atoms with Crippen molar-refractivity contribution >= 4 is 40.4 Å². The van der Waals surface area contributed by atoms with Crippen LogP contribution in [0.1, 0.15) is 20.9 Å². The zero-order chi connectivity index (χ0) is 18.0. The number of aromatic hydroxyl groups is 1. The third-order valence-corrected chi connectivity index (χ3v) is 4.68. The second-order valence-electron chi connectivity index (χ2n) is 5.10. The van der Waals surface area contributed by atoms with E-state index in [1.54, 1.807) is 23.6 Å². The van der Waals surface area contributed by atoms with Gasteiger partial charge in [0.05, 0.1) is 5.01 Å². The van der Waals surface area contributed by atoms with Crippen molar-refractivity contribution < 1.29 is 9.90 Å². The van der Waals surface area contributed by atoms with Crippen molar-refractivity contribution in [3.05, 3.63) is 56.0 Å². The van der Waals surface area contributed by atoms with Gasteiger partial charge >= 0.3 is 0 Å². The molecule has 2 heterocycles. The van der Waals surface area contributed by atoms with Gasteiger partial charge in [0.25, 0.3) is 5.91 Å². The van der Waals surface area contributed by atoms with E-state index in [9.17, 15) is 9.90 Å². The van der Waals surface area contributed by atoms with Crippen LogP contribution in [-0.4, -0.2) is 26.0 Å². The Kier molecular flexibility index (Phi) is 5.17. The molecule has 9 heteroatoms. The Morgan fingerprint density at radius 3 is 2.76 bits per heavy atom. The lowest BCUT2D eigenvalue weighted by molar-refractivity contribution is 0.0947. The lowest BCUT2D eigenvalue weighted by Gasteiger charge is -2.08. The summed E-state index contributed by atoms with van der Waals surface area (Å²) in [7, 11) is 0. The molecule has 0 aliphatic heterocycles. The van der Waals surface area contributed by atoms with E-state index < -0.39 is 11.8 Å². The Hall–Kier alpha value is -2.22. The summed E-state index contributed by atoms with van der Waals surface area (Å²) in [5.74, 6) is -0.654. The van der Waals surface area contributed by atoms with Crippen molar-refractivity contribution in [3.63, 3.8) is 0 Å². The van der Waals surface area contributed by atoms with Crippen molar-refractivity contribution in [2.45, 2.75) is 13.5 Å². The molecule has 0 spiro atoms. The van der Waals surface area contributed by atoms with Gasteiger partial charge in [0.1, 0.15) is 11.3 Å². The van der Waals surface area contributed by atoms with Gasteiger partial charge in [0.2, 0.25) is 5.88 Å². The molecule has 0 atom stereocenters. The summed E-state index contributed by atoms with van der Waals surface area (Å²) in [4.78, 5) is 24.5. The number of hydrogen-bond acceptors (Lipinski definition) is 6. The number of nitrogens with one attached hydrogen (secondary N) is 1. The zero-order valence-electron chi connectivity index (χ0n) is 13.0. The predicted molar refractivity (Wildman–Crippen MR) is 97.2 cm³/mol. The highest BCUT2D eigenvalue weighted by Crippen LogP contribution is 2.23. The number of aryl methyl sites for hydroxylation is 1. The molecule has 0 aliphatic carbocycles. The van der Waals surface area contributed by atoms with Gasteiger partial charge in [0.15, 0.2) is 5.82 Å². The van der Waals surface area contributed by atoms with E-state index >= 15 is 0 Å². The number of amides is 1. The summed E-state index contributed by atoms with van der Waals surface area (Å²) in [6.07, 6.45) is 1.27. The van der Waals surface area contributed by atoms with Gasteiger partial charge in [-0.25, -0.2) is 9.97 Å². The standard InChI is InChI=1S/C16H12Cl2N4O2S/c1-8-21-13(7-25-8)14-19-6-11(16(24)22-14)15(23)20-5-9-2-3-10(17)4-12(9)18/h2-4,6-7H,5H2,1H3,(H,20,23)(H,19,22,24). The average Bonchev–Trinajstić information content (AvgIpc) is 3.00. The first-order chi connectivity index (χ1) is 11.9. The minimum atomic E-state index is -0.510. The van der Waals surface area contributed by atoms with Crippen LogP contribution in [0.15, 0.2) is 29.8 Å². The summed E-state index contributed by atoms with van der Waals surface area (Å²) in [5, 5.41) is 16.3. The van der Waals surface area contributed by atoms with Gasteiger partial charge < -0.3 is 10.4 Å². The molecule has 0 radical (unpaired) electrons. The number of hydrogen-bond donors (Lipinski definition) is 2. The fourth-order valence-electron chi connectivity index (χ4n) is 2.06. The van der Waals surface area contributed by atoms with Gasteiger partial charge in [-0.3, -0.25) is 4.79 Å². The van der Waals surface area contributed by atoms with E-state index in [1.165, 1.54) is 17.5 Å². The Bertz CT molecular complexity index is 946. The van der Waals surface area contributed by atoms with Gasteiger partial charge in [-0.15, -0.1) is 11.3 Å².